The van der Waals surface area contributed by atoms with E-state index >= 15 is 0 Å². The number of carboxylic acid groups (broad SMARTS) is 1. The summed E-state index contributed by atoms with van der Waals surface area (Å²) in [6.07, 6.45) is 1.16. The van der Waals surface area contributed by atoms with Gasteiger partial charge in [0.15, 0.2) is 0 Å². The highest BCUT2D eigenvalue weighted by Crippen LogP contribution is 2.38. The Bertz CT molecular complexity index is 527. The average Bonchev–Trinajstić information content (AvgIpc) is 3.21. The van der Waals surface area contributed by atoms with Crippen LogP contribution in [-0.4, -0.2) is 30.6 Å². The van der Waals surface area contributed by atoms with Crippen LogP contribution in [0.25, 0.3) is 0 Å². The van der Waals surface area contributed by atoms with Crippen molar-refractivity contribution in [3.8, 4) is 5.75 Å². The molecule has 0 saturated heterocycles. The zero-order valence-corrected chi connectivity index (χ0v) is 11.7. The molecule has 1 fully saturated rings. The summed E-state index contributed by atoms with van der Waals surface area (Å²) in [7, 11) is 1.63. The minimum atomic E-state index is -0.881. The molecule has 108 valence electrons. The third kappa shape index (κ3) is 3.29. The number of benzene rings is 1. The van der Waals surface area contributed by atoms with E-state index in [1.54, 1.807) is 7.11 Å². The molecule has 5 nitrogen and oxygen atoms in total. The molecule has 0 bridgehead atoms. The second-order valence-corrected chi connectivity index (χ2v) is 5.13. The van der Waals surface area contributed by atoms with Crippen LogP contribution >= 0.6 is 0 Å². The van der Waals surface area contributed by atoms with E-state index in [4.69, 9.17) is 9.84 Å². The van der Waals surface area contributed by atoms with Gasteiger partial charge in [0.25, 0.3) is 0 Å². The third-order valence-corrected chi connectivity index (χ3v) is 3.63. The molecular weight excluding hydrogens is 258 g/mol. The molecule has 5 heteroatoms. The van der Waals surface area contributed by atoms with Crippen molar-refractivity contribution in [3.63, 3.8) is 0 Å². The lowest BCUT2D eigenvalue weighted by molar-refractivity contribution is -0.140. The Kier molecular flexibility index (Phi) is 4.27. The number of carboxylic acids is 1. The molecule has 2 unspecified atom stereocenters. The number of carbonyl (C=O) groups excluding carboxylic acids is 1. The van der Waals surface area contributed by atoms with Crippen LogP contribution < -0.4 is 10.1 Å². The number of hydrogen-bond donors (Lipinski definition) is 2. The van der Waals surface area contributed by atoms with Gasteiger partial charge in [-0.25, -0.2) is 0 Å². The Morgan fingerprint density at radius 1 is 1.40 bits per heavy atom. The van der Waals surface area contributed by atoms with Gasteiger partial charge in [-0.2, -0.15) is 0 Å². The number of rotatable bonds is 6. The Morgan fingerprint density at radius 2 is 2.15 bits per heavy atom. The summed E-state index contributed by atoms with van der Waals surface area (Å²) >= 11 is 0. The standard InChI is InChI=1S/C15H19NO4/c1-9-3-4-10(7-13(9)20-2)5-6-16-14(17)11-8-12(11)15(18)19/h3-4,7,11-12H,5-6,8H2,1-2H3,(H,16,17)(H,18,19). The molecule has 2 atom stereocenters. The minimum absolute atomic E-state index is 0.156. The number of hydrogen-bond acceptors (Lipinski definition) is 3. The first-order valence-electron chi connectivity index (χ1n) is 6.67. The zero-order valence-electron chi connectivity index (χ0n) is 11.7. The van der Waals surface area contributed by atoms with Gasteiger partial charge >= 0.3 is 5.97 Å². The van der Waals surface area contributed by atoms with Crippen molar-refractivity contribution in [2.75, 3.05) is 13.7 Å². The highest BCUT2D eigenvalue weighted by molar-refractivity contribution is 5.89. The van der Waals surface area contributed by atoms with Gasteiger partial charge in [0, 0.05) is 6.54 Å². The molecule has 0 aromatic heterocycles. The van der Waals surface area contributed by atoms with E-state index in [0.717, 1.165) is 16.9 Å². The molecule has 1 aliphatic carbocycles. The first kappa shape index (κ1) is 14.4. The van der Waals surface area contributed by atoms with Gasteiger partial charge in [0.05, 0.1) is 18.9 Å². The molecule has 20 heavy (non-hydrogen) atoms. The molecule has 2 rings (SSSR count). The maximum atomic E-state index is 11.7. The van der Waals surface area contributed by atoms with E-state index in [-0.39, 0.29) is 11.8 Å². The van der Waals surface area contributed by atoms with Gasteiger partial charge < -0.3 is 15.2 Å². The fourth-order valence-electron chi connectivity index (χ4n) is 2.24. The predicted molar refractivity (Wildman–Crippen MR) is 73.7 cm³/mol. The van der Waals surface area contributed by atoms with Crippen molar-refractivity contribution in [3.05, 3.63) is 29.3 Å². The maximum absolute atomic E-state index is 11.7. The topological polar surface area (TPSA) is 75.6 Å². The number of carbonyl (C=O) groups is 2. The van der Waals surface area contributed by atoms with Crippen molar-refractivity contribution in [1.29, 1.82) is 0 Å². The van der Waals surface area contributed by atoms with Crippen LogP contribution in [0.1, 0.15) is 17.5 Å². The largest absolute Gasteiger partial charge is 0.496 e. The molecule has 2 N–H and O–H groups in total. The third-order valence-electron chi connectivity index (χ3n) is 3.63. The van der Waals surface area contributed by atoms with Gasteiger partial charge in [-0.05, 0) is 37.0 Å². The second kappa shape index (κ2) is 5.94. The second-order valence-electron chi connectivity index (χ2n) is 5.13. The summed E-state index contributed by atoms with van der Waals surface area (Å²) in [6, 6.07) is 5.94. The van der Waals surface area contributed by atoms with Crippen molar-refractivity contribution >= 4 is 11.9 Å². The fraction of sp³-hybridized carbons (Fsp3) is 0.467. The molecule has 0 spiro atoms. The van der Waals surface area contributed by atoms with Crippen molar-refractivity contribution in [1.82, 2.24) is 5.32 Å². The lowest BCUT2D eigenvalue weighted by Crippen LogP contribution is -2.28. The molecule has 0 radical (unpaired) electrons. The van der Waals surface area contributed by atoms with E-state index < -0.39 is 11.9 Å². The molecule has 0 aliphatic heterocycles. The number of aryl methyl sites for hydroxylation is 1. The van der Waals surface area contributed by atoms with E-state index in [1.807, 2.05) is 25.1 Å². The van der Waals surface area contributed by atoms with E-state index in [0.29, 0.717) is 19.4 Å². The molecule has 1 saturated carbocycles. The summed E-state index contributed by atoms with van der Waals surface area (Å²) in [5.41, 5.74) is 2.15. The predicted octanol–water partition coefficient (Wildman–Crippen LogP) is 1.38. The Balaban J connectivity index is 1.79. The van der Waals surface area contributed by atoms with E-state index in [9.17, 15) is 9.59 Å². The van der Waals surface area contributed by atoms with Crippen LogP contribution in [0.3, 0.4) is 0 Å². The Hall–Kier alpha value is -2.04. The number of aliphatic carboxylic acids is 1. The lowest BCUT2D eigenvalue weighted by Gasteiger charge is -2.08. The number of methoxy groups -OCH3 is 1. The number of nitrogens with one attached hydrogen (secondary N) is 1. The lowest BCUT2D eigenvalue weighted by atomic mass is 10.1. The highest BCUT2D eigenvalue weighted by atomic mass is 16.5. The normalized spacial score (nSPS) is 20.3. The average molecular weight is 277 g/mol. The summed E-state index contributed by atoms with van der Waals surface area (Å²) in [5.74, 6) is -1.04. The molecule has 1 aromatic rings. The molecular formula is C15H19NO4. The van der Waals surface area contributed by atoms with Crippen LogP contribution in [-0.2, 0) is 16.0 Å². The summed E-state index contributed by atoms with van der Waals surface area (Å²) in [6.45, 7) is 2.48. The highest BCUT2D eigenvalue weighted by Gasteiger charge is 2.48. The zero-order chi connectivity index (χ0) is 14.7. The first-order valence-corrected chi connectivity index (χ1v) is 6.67. The van der Waals surface area contributed by atoms with Crippen LogP contribution in [0.4, 0.5) is 0 Å². The van der Waals surface area contributed by atoms with E-state index in [1.165, 1.54) is 0 Å². The quantitative estimate of drug-likeness (QED) is 0.823. The van der Waals surface area contributed by atoms with Crippen LogP contribution in [0.2, 0.25) is 0 Å². The van der Waals surface area contributed by atoms with Crippen molar-refractivity contribution < 1.29 is 19.4 Å². The first-order chi connectivity index (χ1) is 9.52. The number of amides is 1. The Labute approximate surface area is 117 Å². The monoisotopic (exact) mass is 277 g/mol. The summed E-state index contributed by atoms with van der Waals surface area (Å²) in [5, 5.41) is 11.6. The van der Waals surface area contributed by atoms with Gasteiger partial charge in [-0.15, -0.1) is 0 Å². The summed E-state index contributed by atoms with van der Waals surface area (Å²) in [4.78, 5) is 22.4. The SMILES string of the molecule is COc1cc(CCNC(=O)C2CC2C(=O)O)ccc1C. The maximum Gasteiger partial charge on any atom is 0.307 e. The summed E-state index contributed by atoms with van der Waals surface area (Å²) < 4.78 is 5.25. The van der Waals surface area contributed by atoms with Gasteiger partial charge in [0.2, 0.25) is 5.91 Å². The Morgan fingerprint density at radius 3 is 2.75 bits per heavy atom. The van der Waals surface area contributed by atoms with Gasteiger partial charge in [-0.3, -0.25) is 9.59 Å². The fourth-order valence-corrected chi connectivity index (χ4v) is 2.24. The molecule has 1 amide bonds. The van der Waals surface area contributed by atoms with E-state index in [2.05, 4.69) is 5.32 Å². The molecule has 0 heterocycles. The van der Waals surface area contributed by atoms with Crippen LogP contribution in [0, 0.1) is 18.8 Å². The molecule has 1 aromatic carbocycles. The van der Waals surface area contributed by atoms with Crippen molar-refractivity contribution in [2.24, 2.45) is 11.8 Å². The van der Waals surface area contributed by atoms with Gasteiger partial charge in [-0.1, -0.05) is 12.1 Å². The van der Waals surface area contributed by atoms with Gasteiger partial charge in [0.1, 0.15) is 5.75 Å². The molecule has 1 aliphatic rings. The number of ether oxygens (including phenoxy) is 1. The minimum Gasteiger partial charge on any atom is -0.496 e. The smallest absolute Gasteiger partial charge is 0.307 e. The van der Waals surface area contributed by atoms with Crippen LogP contribution in [0.5, 0.6) is 5.75 Å². The van der Waals surface area contributed by atoms with Crippen molar-refractivity contribution in [2.45, 2.75) is 19.8 Å². The van der Waals surface area contributed by atoms with Crippen LogP contribution in [0.15, 0.2) is 18.2 Å².